The molecule has 0 bridgehead atoms. The molecule has 166 valence electrons. The minimum atomic E-state index is -2.85. The summed E-state index contributed by atoms with van der Waals surface area (Å²) in [5.41, 5.74) is 0.518. The van der Waals surface area contributed by atoms with E-state index in [0.717, 1.165) is 30.5 Å². The number of benzene rings is 2. The third kappa shape index (κ3) is 5.28. The number of anilines is 2. The number of rotatable bonds is 7. The predicted molar refractivity (Wildman–Crippen MR) is 116 cm³/mol. The zero-order chi connectivity index (χ0) is 23.3. The summed E-state index contributed by atoms with van der Waals surface area (Å²) >= 11 is 0. The molecule has 0 aliphatic rings. The lowest BCUT2D eigenvalue weighted by atomic mass is 10.1. The second kappa shape index (κ2) is 9.57. The Morgan fingerprint density at radius 3 is 2.66 bits per heavy atom. The van der Waals surface area contributed by atoms with E-state index < -0.39 is 27.2 Å². The lowest BCUT2D eigenvalue weighted by Gasteiger charge is -2.11. The number of halogens is 3. The van der Waals surface area contributed by atoms with Crippen LogP contribution in [0, 0.1) is 28.9 Å². The molecular weight excluding hydrogens is 443 g/mol. The number of hydrogen-bond acceptors (Lipinski definition) is 6. The Balaban J connectivity index is 2.00. The van der Waals surface area contributed by atoms with Gasteiger partial charge < -0.3 is 10.1 Å². The number of aromatic nitrogens is 2. The highest BCUT2D eigenvalue weighted by molar-refractivity contribution is 7.99. The van der Waals surface area contributed by atoms with Crippen LogP contribution in [0.2, 0.25) is 0 Å². The first-order chi connectivity index (χ1) is 15.3. The van der Waals surface area contributed by atoms with Gasteiger partial charge in [-0.2, -0.15) is 5.26 Å². The van der Waals surface area contributed by atoms with Crippen LogP contribution in [0.25, 0.3) is 11.3 Å². The number of nitrogens with one attached hydrogen (secondary N) is 2. The highest BCUT2D eigenvalue weighted by atomic mass is 32.2. The molecule has 2 N–H and O–H groups in total. The summed E-state index contributed by atoms with van der Waals surface area (Å²) in [5, 5.41) is 12.8. The van der Waals surface area contributed by atoms with Crippen LogP contribution in [-0.2, 0) is 9.71 Å². The molecule has 0 aliphatic heterocycles. The fourth-order valence-electron chi connectivity index (χ4n) is 2.84. The van der Waals surface area contributed by atoms with E-state index in [0.29, 0.717) is 0 Å². The third-order valence-electron chi connectivity index (χ3n) is 4.31. The standard InChI is InChI=1S/C21H18F3N5O2S/c1-3-32(30,27-12-25)11-13-6-15(23)8-16(7-13)28-21-26-10-18(24)20(29-21)17-5-4-14(22)9-19(17)31-2/h4-11H,3H2,1-2H3,(H,27,30)(H,26,28,29). The molecule has 32 heavy (non-hydrogen) atoms. The predicted octanol–water partition coefficient (Wildman–Crippen LogP) is 3.75. The Kier molecular flexibility index (Phi) is 6.85. The molecular formula is C21H18F3N5O2S. The molecule has 1 atom stereocenters. The minimum Gasteiger partial charge on any atom is -0.496 e. The Morgan fingerprint density at radius 2 is 1.97 bits per heavy atom. The van der Waals surface area contributed by atoms with Crippen LogP contribution >= 0.6 is 0 Å². The van der Waals surface area contributed by atoms with Gasteiger partial charge in [-0.3, -0.25) is 0 Å². The summed E-state index contributed by atoms with van der Waals surface area (Å²) in [6, 6.07) is 7.33. The van der Waals surface area contributed by atoms with Gasteiger partial charge in [0.05, 0.1) is 23.0 Å². The van der Waals surface area contributed by atoms with Crippen LogP contribution in [-0.4, -0.2) is 32.4 Å². The second-order valence-corrected chi connectivity index (χ2v) is 8.95. The van der Waals surface area contributed by atoms with Crippen LogP contribution in [0.15, 0.2) is 42.6 Å². The molecule has 0 amide bonds. The Hall–Kier alpha value is -3.78. The largest absolute Gasteiger partial charge is 0.496 e. The fourth-order valence-corrected chi connectivity index (χ4v) is 3.94. The van der Waals surface area contributed by atoms with Crippen LogP contribution in [0.5, 0.6) is 5.75 Å². The van der Waals surface area contributed by atoms with E-state index in [9.17, 15) is 17.4 Å². The molecule has 0 spiro atoms. The number of methoxy groups -OCH3 is 1. The van der Waals surface area contributed by atoms with Crippen molar-refractivity contribution in [3.05, 3.63) is 65.6 Å². The van der Waals surface area contributed by atoms with E-state index >= 15 is 0 Å². The summed E-state index contributed by atoms with van der Waals surface area (Å²) in [6.07, 6.45) is 2.55. The Morgan fingerprint density at radius 1 is 1.19 bits per heavy atom. The van der Waals surface area contributed by atoms with Crippen LogP contribution in [0.3, 0.4) is 0 Å². The van der Waals surface area contributed by atoms with E-state index in [1.165, 1.54) is 24.6 Å². The van der Waals surface area contributed by atoms with Crippen molar-refractivity contribution >= 4 is 26.7 Å². The van der Waals surface area contributed by atoms with E-state index in [1.54, 1.807) is 13.1 Å². The smallest absolute Gasteiger partial charge is 0.227 e. The van der Waals surface area contributed by atoms with E-state index in [2.05, 4.69) is 20.0 Å². The van der Waals surface area contributed by atoms with Crippen molar-refractivity contribution in [1.82, 2.24) is 14.7 Å². The first-order valence-corrected chi connectivity index (χ1v) is 11.0. The summed E-state index contributed by atoms with van der Waals surface area (Å²) in [7, 11) is -1.54. The molecule has 0 saturated carbocycles. The molecule has 1 aromatic heterocycles. The van der Waals surface area contributed by atoms with Gasteiger partial charge in [0.1, 0.15) is 23.1 Å². The lowest BCUT2D eigenvalue weighted by molar-refractivity contribution is 0.412. The van der Waals surface area contributed by atoms with Gasteiger partial charge in [0.15, 0.2) is 12.0 Å². The zero-order valence-electron chi connectivity index (χ0n) is 17.0. The highest BCUT2D eigenvalue weighted by Crippen LogP contribution is 2.31. The number of ether oxygens (including phenoxy) is 1. The van der Waals surface area contributed by atoms with Gasteiger partial charge in [0.25, 0.3) is 0 Å². The summed E-state index contributed by atoms with van der Waals surface area (Å²) < 4.78 is 62.0. The van der Waals surface area contributed by atoms with Gasteiger partial charge in [-0.25, -0.2) is 32.1 Å². The maximum absolute atomic E-state index is 14.4. The number of nitriles is 1. The lowest BCUT2D eigenvalue weighted by Crippen LogP contribution is -2.23. The summed E-state index contributed by atoms with van der Waals surface area (Å²) in [6.45, 7) is 1.62. The first kappa shape index (κ1) is 22.9. The van der Waals surface area contributed by atoms with Crippen LogP contribution in [0.4, 0.5) is 24.8 Å². The van der Waals surface area contributed by atoms with Crippen LogP contribution < -0.4 is 14.8 Å². The molecule has 0 saturated heterocycles. The van der Waals surface area contributed by atoms with Crippen molar-refractivity contribution in [1.29, 1.82) is 5.26 Å². The van der Waals surface area contributed by atoms with Crippen molar-refractivity contribution < 1.29 is 22.1 Å². The normalized spacial score (nSPS) is 12.4. The minimum absolute atomic E-state index is 0.0595. The fraction of sp³-hybridized carbons (Fsp3) is 0.143. The quantitative estimate of drug-likeness (QED) is 0.316. The monoisotopic (exact) mass is 461 g/mol. The number of nitrogens with zero attached hydrogens (tertiary/aromatic N) is 3. The van der Waals surface area contributed by atoms with Crippen molar-refractivity contribution in [2.24, 2.45) is 0 Å². The summed E-state index contributed by atoms with van der Waals surface area (Å²) in [5.74, 6) is -1.82. The maximum atomic E-state index is 14.4. The van der Waals surface area contributed by atoms with Gasteiger partial charge in [-0.05, 0) is 35.9 Å². The Bertz CT molecular complexity index is 1320. The van der Waals surface area contributed by atoms with Gasteiger partial charge >= 0.3 is 0 Å². The molecule has 7 nitrogen and oxygen atoms in total. The average Bonchev–Trinajstić information content (AvgIpc) is 2.75. The van der Waals surface area contributed by atoms with Crippen molar-refractivity contribution in [3.63, 3.8) is 0 Å². The van der Waals surface area contributed by atoms with Crippen molar-refractivity contribution in [3.8, 4) is 23.2 Å². The van der Waals surface area contributed by atoms with Gasteiger partial charge in [-0.1, -0.05) is 6.92 Å². The van der Waals surface area contributed by atoms with Gasteiger partial charge in [-0.15, -0.1) is 0 Å². The SMILES string of the molecule is CCS(=O)(=Cc1cc(F)cc(Nc2ncc(F)c(-c3ccc(F)cc3OC)n2)c1)NC#N. The molecule has 0 aliphatic carbocycles. The zero-order valence-corrected chi connectivity index (χ0v) is 17.8. The van der Waals surface area contributed by atoms with E-state index in [1.807, 2.05) is 0 Å². The molecule has 3 aromatic rings. The van der Waals surface area contributed by atoms with Gasteiger partial charge in [0.2, 0.25) is 5.95 Å². The first-order valence-electron chi connectivity index (χ1n) is 9.23. The van der Waals surface area contributed by atoms with Crippen molar-refractivity contribution in [2.45, 2.75) is 6.92 Å². The van der Waals surface area contributed by atoms with Crippen molar-refractivity contribution in [2.75, 3.05) is 18.2 Å². The third-order valence-corrected chi connectivity index (χ3v) is 6.26. The maximum Gasteiger partial charge on any atom is 0.227 e. The number of hydrogen-bond donors (Lipinski definition) is 2. The molecule has 0 radical (unpaired) electrons. The summed E-state index contributed by atoms with van der Waals surface area (Å²) in [4.78, 5) is 7.97. The topological polar surface area (TPSA) is 99.9 Å². The van der Waals surface area contributed by atoms with Gasteiger partial charge in [0, 0.05) is 28.4 Å². The van der Waals surface area contributed by atoms with E-state index in [-0.39, 0.29) is 40.0 Å². The van der Waals surface area contributed by atoms with E-state index in [4.69, 9.17) is 10.00 Å². The molecule has 1 unspecified atom stereocenters. The van der Waals surface area contributed by atoms with Crippen LogP contribution in [0.1, 0.15) is 12.5 Å². The molecule has 2 aromatic carbocycles. The average molecular weight is 461 g/mol. The highest BCUT2D eigenvalue weighted by Gasteiger charge is 2.15. The molecule has 0 fully saturated rings. The Labute approximate surface area is 183 Å². The molecule has 11 heteroatoms. The molecule has 3 rings (SSSR count). The second-order valence-electron chi connectivity index (χ2n) is 6.48. The molecule has 1 heterocycles.